The van der Waals surface area contributed by atoms with Gasteiger partial charge in [0.1, 0.15) is 6.20 Å². The van der Waals surface area contributed by atoms with Crippen LogP contribution in [0.25, 0.3) is 10.2 Å². The molecule has 0 aliphatic heterocycles. The van der Waals surface area contributed by atoms with Crippen molar-refractivity contribution in [3.8, 4) is 0 Å². The number of anilines is 1. The molecule has 1 aromatic carbocycles. The summed E-state index contributed by atoms with van der Waals surface area (Å²) >= 11 is 2.62. The van der Waals surface area contributed by atoms with Gasteiger partial charge in [0.25, 0.3) is 5.69 Å². The van der Waals surface area contributed by atoms with E-state index in [-0.39, 0.29) is 17.3 Å². The van der Waals surface area contributed by atoms with Gasteiger partial charge in [-0.2, -0.15) is 0 Å². The number of rotatable bonds is 5. The number of nitro groups is 1. The van der Waals surface area contributed by atoms with Crippen LogP contribution in [0.2, 0.25) is 0 Å². The number of amides is 1. The number of hydrogen-bond donors (Lipinski definition) is 1. The fourth-order valence-corrected chi connectivity index (χ4v) is 3.31. The van der Waals surface area contributed by atoms with Gasteiger partial charge >= 0.3 is 0 Å². The van der Waals surface area contributed by atoms with Gasteiger partial charge in [-0.1, -0.05) is 35.2 Å². The lowest BCUT2D eigenvalue weighted by Crippen LogP contribution is -2.13. The monoisotopic (exact) mass is 346 g/mol. The third kappa shape index (κ3) is 3.82. The molecule has 0 bridgehead atoms. The van der Waals surface area contributed by atoms with E-state index in [9.17, 15) is 14.9 Å². The van der Waals surface area contributed by atoms with Gasteiger partial charge in [-0.15, -0.1) is 0 Å². The zero-order valence-corrected chi connectivity index (χ0v) is 13.3. The van der Waals surface area contributed by atoms with Crippen molar-refractivity contribution in [2.24, 2.45) is 0 Å². The molecule has 7 nitrogen and oxygen atoms in total. The summed E-state index contributed by atoms with van der Waals surface area (Å²) in [5, 5.41) is 14.4. The second kappa shape index (κ2) is 6.71. The highest BCUT2D eigenvalue weighted by Crippen LogP contribution is 2.25. The molecule has 0 saturated heterocycles. The molecule has 116 valence electrons. The molecule has 2 aromatic heterocycles. The van der Waals surface area contributed by atoms with Crippen molar-refractivity contribution in [3.63, 3.8) is 0 Å². The standard InChI is InChI=1S/C14H10N4O3S2/c19-12(8-22-13-6-5-9(7-15-13)18(20)21)17-14-16-10-3-1-2-4-11(10)23-14/h1-7H,8H2,(H,16,17,19). The van der Waals surface area contributed by atoms with Gasteiger partial charge in [0.15, 0.2) is 5.13 Å². The predicted octanol–water partition coefficient (Wildman–Crippen LogP) is 3.33. The summed E-state index contributed by atoms with van der Waals surface area (Å²) in [6.45, 7) is 0. The number of para-hydroxylation sites is 1. The maximum atomic E-state index is 11.9. The van der Waals surface area contributed by atoms with Crippen LogP contribution >= 0.6 is 23.1 Å². The molecule has 0 spiro atoms. The number of aromatic nitrogens is 2. The van der Waals surface area contributed by atoms with E-state index in [1.165, 1.54) is 41.4 Å². The van der Waals surface area contributed by atoms with Crippen LogP contribution in [0.1, 0.15) is 0 Å². The molecule has 0 aliphatic rings. The molecule has 2 heterocycles. The minimum Gasteiger partial charge on any atom is -0.301 e. The highest BCUT2D eigenvalue weighted by molar-refractivity contribution is 7.99. The van der Waals surface area contributed by atoms with E-state index in [1.807, 2.05) is 24.3 Å². The molecule has 3 aromatic rings. The largest absolute Gasteiger partial charge is 0.301 e. The van der Waals surface area contributed by atoms with Crippen molar-refractivity contribution in [1.82, 2.24) is 9.97 Å². The summed E-state index contributed by atoms with van der Waals surface area (Å²) < 4.78 is 1.01. The van der Waals surface area contributed by atoms with E-state index in [0.717, 1.165) is 10.2 Å². The second-order valence-electron chi connectivity index (χ2n) is 4.44. The van der Waals surface area contributed by atoms with E-state index < -0.39 is 4.92 Å². The number of nitrogens with zero attached hydrogens (tertiary/aromatic N) is 3. The first-order valence-electron chi connectivity index (χ1n) is 6.50. The number of hydrogen-bond acceptors (Lipinski definition) is 7. The van der Waals surface area contributed by atoms with Crippen LogP contribution in [-0.2, 0) is 4.79 Å². The normalized spacial score (nSPS) is 10.6. The summed E-state index contributed by atoms with van der Waals surface area (Å²) in [6.07, 6.45) is 1.17. The molecule has 3 rings (SSSR count). The Morgan fingerprint density at radius 3 is 2.83 bits per heavy atom. The Bertz CT molecular complexity index is 831. The van der Waals surface area contributed by atoms with Gasteiger partial charge in [0.2, 0.25) is 5.91 Å². The molecule has 1 amide bonds. The molecule has 0 aliphatic carbocycles. The molecule has 23 heavy (non-hydrogen) atoms. The third-order valence-corrected chi connectivity index (χ3v) is 4.72. The van der Waals surface area contributed by atoms with E-state index in [1.54, 1.807) is 0 Å². The Balaban J connectivity index is 1.57. The highest BCUT2D eigenvalue weighted by Gasteiger charge is 2.10. The number of thiazole rings is 1. The first-order chi connectivity index (χ1) is 11.1. The van der Waals surface area contributed by atoms with E-state index >= 15 is 0 Å². The fourth-order valence-electron chi connectivity index (χ4n) is 1.79. The molecule has 0 saturated carbocycles. The predicted molar refractivity (Wildman–Crippen MR) is 89.9 cm³/mol. The SMILES string of the molecule is O=C(CSc1ccc([N+](=O)[O-])cn1)Nc1nc2ccccc2s1. The van der Waals surface area contributed by atoms with Crippen LogP contribution in [0, 0.1) is 10.1 Å². The van der Waals surface area contributed by atoms with Gasteiger partial charge in [-0.05, 0) is 18.2 Å². The van der Waals surface area contributed by atoms with Crippen LogP contribution in [0.4, 0.5) is 10.8 Å². The Labute approximate surface area is 138 Å². The van der Waals surface area contributed by atoms with Crippen molar-refractivity contribution in [1.29, 1.82) is 0 Å². The summed E-state index contributed by atoms with van der Waals surface area (Å²) in [7, 11) is 0. The molecule has 0 radical (unpaired) electrons. The van der Waals surface area contributed by atoms with Gasteiger partial charge in [0, 0.05) is 6.07 Å². The number of nitrogens with one attached hydrogen (secondary N) is 1. The number of carbonyl (C=O) groups is 1. The second-order valence-corrected chi connectivity index (χ2v) is 6.46. The Morgan fingerprint density at radius 1 is 1.30 bits per heavy atom. The minimum atomic E-state index is -0.513. The maximum Gasteiger partial charge on any atom is 0.287 e. The van der Waals surface area contributed by atoms with Gasteiger partial charge in [0.05, 0.1) is 25.9 Å². The summed E-state index contributed by atoms with van der Waals surface area (Å²) in [6, 6.07) is 10.5. The first kappa shape index (κ1) is 15.4. The van der Waals surface area contributed by atoms with Crippen molar-refractivity contribution < 1.29 is 9.72 Å². The highest BCUT2D eigenvalue weighted by atomic mass is 32.2. The lowest BCUT2D eigenvalue weighted by Gasteiger charge is -2.01. The first-order valence-corrected chi connectivity index (χ1v) is 8.31. The zero-order chi connectivity index (χ0) is 16.2. The number of pyridine rings is 1. The Kier molecular flexibility index (Phi) is 4.49. The van der Waals surface area contributed by atoms with Crippen LogP contribution in [0.3, 0.4) is 0 Å². The molecule has 0 unspecified atom stereocenters. The Hall–Kier alpha value is -2.52. The van der Waals surface area contributed by atoms with Crippen LogP contribution in [0.5, 0.6) is 0 Å². The molecular weight excluding hydrogens is 336 g/mol. The Morgan fingerprint density at radius 2 is 2.13 bits per heavy atom. The topological polar surface area (TPSA) is 98.0 Å². The lowest BCUT2D eigenvalue weighted by atomic mass is 10.3. The number of benzene rings is 1. The van der Waals surface area contributed by atoms with Gasteiger partial charge < -0.3 is 5.32 Å². The van der Waals surface area contributed by atoms with E-state index in [0.29, 0.717) is 10.2 Å². The average Bonchev–Trinajstić information content (AvgIpc) is 2.95. The number of fused-ring (bicyclic) bond motifs is 1. The molecule has 0 fully saturated rings. The van der Waals surface area contributed by atoms with Crippen molar-refractivity contribution >= 4 is 50.0 Å². The maximum absolute atomic E-state index is 11.9. The molecule has 0 atom stereocenters. The minimum absolute atomic E-state index is 0.0757. The summed E-state index contributed by atoms with van der Waals surface area (Å²) in [4.78, 5) is 30.2. The van der Waals surface area contributed by atoms with Crippen LogP contribution < -0.4 is 5.32 Å². The lowest BCUT2D eigenvalue weighted by molar-refractivity contribution is -0.385. The fraction of sp³-hybridized carbons (Fsp3) is 0.0714. The molecule has 9 heteroatoms. The average molecular weight is 346 g/mol. The summed E-state index contributed by atoms with van der Waals surface area (Å²) in [5.74, 6) is -0.0463. The smallest absolute Gasteiger partial charge is 0.287 e. The van der Waals surface area contributed by atoms with Crippen molar-refractivity contribution in [2.45, 2.75) is 5.03 Å². The quantitative estimate of drug-likeness (QED) is 0.432. The van der Waals surface area contributed by atoms with Crippen molar-refractivity contribution in [2.75, 3.05) is 11.1 Å². The van der Waals surface area contributed by atoms with Crippen LogP contribution in [0.15, 0.2) is 47.6 Å². The van der Waals surface area contributed by atoms with Crippen LogP contribution in [-0.4, -0.2) is 26.6 Å². The molecule has 1 N–H and O–H groups in total. The number of thioether (sulfide) groups is 1. The summed E-state index contributed by atoms with van der Waals surface area (Å²) in [5.41, 5.74) is 0.769. The van der Waals surface area contributed by atoms with Crippen molar-refractivity contribution in [3.05, 3.63) is 52.7 Å². The number of carbonyl (C=O) groups excluding carboxylic acids is 1. The van der Waals surface area contributed by atoms with E-state index in [4.69, 9.17) is 0 Å². The van der Waals surface area contributed by atoms with Gasteiger partial charge in [-0.3, -0.25) is 14.9 Å². The van der Waals surface area contributed by atoms with Gasteiger partial charge in [-0.25, -0.2) is 9.97 Å². The third-order valence-electron chi connectivity index (χ3n) is 2.82. The molecular formula is C14H10N4O3S2. The van der Waals surface area contributed by atoms with E-state index in [2.05, 4.69) is 15.3 Å². The zero-order valence-electron chi connectivity index (χ0n) is 11.6.